The van der Waals surface area contributed by atoms with E-state index >= 15 is 0 Å². The summed E-state index contributed by atoms with van der Waals surface area (Å²) in [6.45, 7) is 8.31. The van der Waals surface area contributed by atoms with E-state index in [1.165, 1.54) is 6.07 Å². The predicted octanol–water partition coefficient (Wildman–Crippen LogP) is 0.675. The summed E-state index contributed by atoms with van der Waals surface area (Å²) in [4.78, 5) is 14.0. The molecule has 2 atom stereocenters. The van der Waals surface area contributed by atoms with Gasteiger partial charge in [0, 0.05) is 37.9 Å². The average Bonchev–Trinajstić information content (AvgIpc) is 2.42. The molecule has 118 valence electrons. The minimum atomic E-state index is -0.437. The Labute approximate surface area is 124 Å². The number of aliphatic hydroxyl groups is 1. The van der Waals surface area contributed by atoms with Gasteiger partial charge in [-0.1, -0.05) is 0 Å². The second kappa shape index (κ2) is 6.60. The van der Waals surface area contributed by atoms with Gasteiger partial charge >= 0.3 is 0 Å². The van der Waals surface area contributed by atoms with Gasteiger partial charge in [-0.2, -0.15) is 0 Å². The lowest BCUT2D eigenvalue weighted by Gasteiger charge is -2.35. The zero-order valence-corrected chi connectivity index (χ0v) is 12.9. The summed E-state index contributed by atoms with van der Waals surface area (Å²) in [6, 6.07) is 1.30. The van der Waals surface area contributed by atoms with Crippen LogP contribution in [0.2, 0.25) is 0 Å². The van der Waals surface area contributed by atoms with Crippen molar-refractivity contribution < 1.29 is 14.9 Å². The summed E-state index contributed by atoms with van der Waals surface area (Å²) in [5.41, 5.74) is 0.660. The molecule has 0 saturated carbocycles. The Balaban J connectivity index is 2.34. The molecule has 21 heavy (non-hydrogen) atoms. The molecule has 0 aromatic carbocycles. The van der Waals surface area contributed by atoms with Crippen LogP contribution in [0, 0.1) is 0 Å². The maximum Gasteiger partial charge on any atom is 0.223 e. The van der Waals surface area contributed by atoms with Crippen LogP contribution in [-0.4, -0.2) is 45.0 Å². The van der Waals surface area contributed by atoms with E-state index in [4.69, 9.17) is 4.74 Å². The van der Waals surface area contributed by atoms with Crippen molar-refractivity contribution in [3.05, 3.63) is 27.7 Å². The summed E-state index contributed by atoms with van der Waals surface area (Å²) in [5, 5.41) is 19.5. The topological polar surface area (TPSA) is 74.9 Å². The zero-order chi connectivity index (χ0) is 15.6. The van der Waals surface area contributed by atoms with Crippen LogP contribution in [0.25, 0.3) is 0 Å². The molecule has 2 unspecified atom stereocenters. The van der Waals surface area contributed by atoms with E-state index in [0.29, 0.717) is 24.5 Å². The molecule has 2 rings (SSSR count). The van der Waals surface area contributed by atoms with Crippen molar-refractivity contribution in [2.45, 2.75) is 52.7 Å². The molecule has 0 amide bonds. The molecule has 1 aliphatic rings. The third-order valence-corrected chi connectivity index (χ3v) is 3.82. The number of morpholine rings is 1. The number of aromatic hydroxyl groups is 1. The fraction of sp³-hybridized carbons (Fsp3) is 0.667. The lowest BCUT2D eigenvalue weighted by atomic mass is 10.2. The molecule has 1 saturated heterocycles. The maximum atomic E-state index is 11.8. The van der Waals surface area contributed by atoms with Crippen LogP contribution in [-0.2, 0) is 24.4 Å². The Bertz CT molecular complexity index is 545. The highest BCUT2D eigenvalue weighted by molar-refractivity contribution is 5.30. The van der Waals surface area contributed by atoms with E-state index in [2.05, 4.69) is 4.90 Å². The summed E-state index contributed by atoms with van der Waals surface area (Å²) >= 11 is 0. The second-order valence-corrected chi connectivity index (χ2v) is 5.65. The first-order valence-electron chi connectivity index (χ1n) is 7.39. The van der Waals surface area contributed by atoms with Crippen molar-refractivity contribution in [1.29, 1.82) is 0 Å². The Kier molecular flexibility index (Phi) is 5.03. The molecule has 1 aromatic rings. The molecule has 0 aliphatic carbocycles. The molecule has 6 nitrogen and oxygen atoms in total. The predicted molar refractivity (Wildman–Crippen MR) is 79.2 cm³/mol. The highest BCUT2D eigenvalue weighted by Crippen LogP contribution is 2.20. The van der Waals surface area contributed by atoms with Crippen molar-refractivity contribution in [2.75, 3.05) is 13.1 Å². The number of hydrogen-bond acceptors (Lipinski definition) is 5. The SMILES string of the molecule is CCn1c(CO)cc(=O)c(O)c1CN1CC(C)OC(C)C1. The number of pyridine rings is 1. The Morgan fingerprint density at radius 3 is 2.48 bits per heavy atom. The first kappa shape index (κ1) is 16.0. The van der Waals surface area contributed by atoms with Gasteiger partial charge in [-0.25, -0.2) is 0 Å². The normalized spacial score (nSPS) is 23.4. The largest absolute Gasteiger partial charge is 0.503 e. The highest BCUT2D eigenvalue weighted by Gasteiger charge is 2.24. The monoisotopic (exact) mass is 296 g/mol. The van der Waals surface area contributed by atoms with E-state index in [0.717, 1.165) is 13.1 Å². The molecule has 0 spiro atoms. The minimum absolute atomic E-state index is 0.124. The lowest BCUT2D eigenvalue weighted by molar-refractivity contribution is -0.0712. The summed E-state index contributed by atoms with van der Waals surface area (Å²) in [6.07, 6.45) is 0.248. The Morgan fingerprint density at radius 2 is 1.95 bits per heavy atom. The van der Waals surface area contributed by atoms with E-state index in [1.54, 1.807) is 0 Å². The number of hydrogen-bond donors (Lipinski definition) is 2. The van der Waals surface area contributed by atoms with Crippen LogP contribution in [0.15, 0.2) is 10.9 Å². The van der Waals surface area contributed by atoms with Gasteiger partial charge in [0.15, 0.2) is 5.75 Å². The molecule has 1 fully saturated rings. The first-order chi connectivity index (χ1) is 9.96. The third kappa shape index (κ3) is 3.45. The van der Waals surface area contributed by atoms with Gasteiger partial charge < -0.3 is 19.5 Å². The zero-order valence-electron chi connectivity index (χ0n) is 12.9. The van der Waals surface area contributed by atoms with Crippen LogP contribution in [0.3, 0.4) is 0 Å². The van der Waals surface area contributed by atoms with Gasteiger partial charge in [0.2, 0.25) is 5.43 Å². The fourth-order valence-electron chi connectivity index (χ4n) is 3.05. The maximum absolute atomic E-state index is 11.8. The number of rotatable bonds is 4. The lowest BCUT2D eigenvalue weighted by Crippen LogP contribution is -2.45. The van der Waals surface area contributed by atoms with Crippen molar-refractivity contribution in [3.8, 4) is 5.75 Å². The van der Waals surface area contributed by atoms with Gasteiger partial charge in [-0.3, -0.25) is 9.69 Å². The van der Waals surface area contributed by atoms with Crippen molar-refractivity contribution in [1.82, 2.24) is 9.47 Å². The Hall–Kier alpha value is -1.37. The summed E-state index contributed by atoms with van der Waals surface area (Å²) < 4.78 is 7.50. The molecule has 1 aliphatic heterocycles. The number of aromatic nitrogens is 1. The Morgan fingerprint density at radius 1 is 1.33 bits per heavy atom. The van der Waals surface area contributed by atoms with Crippen molar-refractivity contribution >= 4 is 0 Å². The average molecular weight is 296 g/mol. The van der Waals surface area contributed by atoms with E-state index in [1.807, 2.05) is 25.3 Å². The van der Waals surface area contributed by atoms with Gasteiger partial charge in [-0.15, -0.1) is 0 Å². The van der Waals surface area contributed by atoms with Gasteiger partial charge in [0.05, 0.1) is 24.5 Å². The molecular weight excluding hydrogens is 272 g/mol. The quantitative estimate of drug-likeness (QED) is 0.854. The van der Waals surface area contributed by atoms with E-state index in [-0.39, 0.29) is 24.6 Å². The van der Waals surface area contributed by atoms with Crippen LogP contribution in [0.1, 0.15) is 32.2 Å². The van der Waals surface area contributed by atoms with E-state index in [9.17, 15) is 15.0 Å². The molecule has 6 heteroatoms. The fourth-order valence-corrected chi connectivity index (χ4v) is 3.05. The molecule has 0 bridgehead atoms. The van der Waals surface area contributed by atoms with Crippen LogP contribution < -0.4 is 5.43 Å². The molecule has 1 aromatic heterocycles. The molecular formula is C15H24N2O4. The van der Waals surface area contributed by atoms with Gasteiger partial charge in [0.25, 0.3) is 0 Å². The highest BCUT2D eigenvalue weighted by atomic mass is 16.5. The second-order valence-electron chi connectivity index (χ2n) is 5.65. The summed E-state index contributed by atoms with van der Waals surface area (Å²) in [7, 11) is 0. The van der Waals surface area contributed by atoms with Crippen LogP contribution >= 0.6 is 0 Å². The number of aliphatic hydroxyl groups excluding tert-OH is 1. The van der Waals surface area contributed by atoms with Crippen molar-refractivity contribution in [2.24, 2.45) is 0 Å². The van der Waals surface area contributed by atoms with Crippen molar-refractivity contribution in [3.63, 3.8) is 0 Å². The van der Waals surface area contributed by atoms with Crippen LogP contribution in [0.5, 0.6) is 5.75 Å². The minimum Gasteiger partial charge on any atom is -0.503 e. The third-order valence-electron chi connectivity index (χ3n) is 3.82. The molecule has 2 heterocycles. The van der Waals surface area contributed by atoms with E-state index < -0.39 is 5.43 Å². The first-order valence-corrected chi connectivity index (χ1v) is 7.39. The van der Waals surface area contributed by atoms with Crippen LogP contribution in [0.4, 0.5) is 0 Å². The molecule has 0 radical (unpaired) electrons. The molecule has 2 N–H and O–H groups in total. The number of nitrogens with zero attached hydrogens (tertiary/aromatic N) is 2. The summed E-state index contributed by atoms with van der Waals surface area (Å²) in [5.74, 6) is -0.221. The van der Waals surface area contributed by atoms with Gasteiger partial charge in [-0.05, 0) is 20.8 Å². The smallest absolute Gasteiger partial charge is 0.223 e. The van der Waals surface area contributed by atoms with Gasteiger partial charge in [0.1, 0.15) is 0 Å². The number of ether oxygens (including phenoxy) is 1. The standard InChI is InChI=1S/C15H24N2O4/c1-4-17-12(9-18)5-14(19)15(20)13(17)8-16-6-10(2)21-11(3)7-16/h5,10-11,18,20H,4,6-9H2,1-3H3.